The number of ether oxygens (including phenoxy) is 2. The molecule has 0 spiro atoms. The first kappa shape index (κ1) is 31.1. The number of aromatic nitrogens is 4. The number of nitrogens with one attached hydrogen (secondary N) is 1. The zero-order valence-electron chi connectivity index (χ0n) is 27.0. The van der Waals surface area contributed by atoms with Crippen molar-refractivity contribution in [2.24, 2.45) is 0 Å². The van der Waals surface area contributed by atoms with E-state index in [2.05, 4.69) is 51.5 Å². The van der Waals surface area contributed by atoms with Crippen molar-refractivity contribution in [2.75, 3.05) is 58.8 Å². The lowest BCUT2D eigenvalue weighted by Crippen LogP contribution is -2.32. The lowest BCUT2D eigenvalue weighted by atomic mass is 10.0. The van der Waals surface area contributed by atoms with Crippen molar-refractivity contribution >= 4 is 39.4 Å². The molecule has 0 unspecified atom stereocenters. The number of methoxy groups -OCH3 is 1. The third kappa shape index (κ3) is 6.64. The Morgan fingerprint density at radius 2 is 1.71 bits per heavy atom. The first-order valence-corrected chi connectivity index (χ1v) is 16.0. The molecule has 4 aromatic carbocycles. The molecule has 0 bridgehead atoms. The number of anilines is 2. The minimum atomic E-state index is -1.14. The Labute approximate surface area is 278 Å². The predicted octanol–water partition coefficient (Wildman–Crippen LogP) is 6.61. The number of likely N-dealkylation sites (N-methyl/N-ethyl adjacent to an activating group) is 1. The van der Waals surface area contributed by atoms with E-state index in [0.717, 1.165) is 71.6 Å². The van der Waals surface area contributed by atoms with Crippen molar-refractivity contribution in [2.45, 2.75) is 6.42 Å². The molecule has 0 amide bonds. The van der Waals surface area contributed by atoms with Crippen LogP contribution in [-0.2, 0) is 0 Å². The van der Waals surface area contributed by atoms with Crippen LogP contribution >= 0.6 is 0 Å². The number of benzene rings is 4. The number of nitrogens with zero attached hydrogens (tertiary/aromatic N) is 6. The first-order chi connectivity index (χ1) is 23.4. The van der Waals surface area contributed by atoms with E-state index in [1.165, 1.54) is 6.20 Å². The molecule has 3 heterocycles. The Balaban J connectivity index is 1.26. The van der Waals surface area contributed by atoms with E-state index in [0.29, 0.717) is 46.2 Å². The lowest BCUT2D eigenvalue weighted by molar-refractivity contribution is 0.194. The average molecular weight is 644 g/mol. The second-order valence-corrected chi connectivity index (χ2v) is 11.9. The van der Waals surface area contributed by atoms with Gasteiger partial charge in [0.15, 0.2) is 17.3 Å². The first-order valence-electron chi connectivity index (χ1n) is 16.0. The van der Waals surface area contributed by atoms with Gasteiger partial charge in [0.05, 0.1) is 24.3 Å². The van der Waals surface area contributed by atoms with Gasteiger partial charge in [0.1, 0.15) is 12.4 Å². The van der Waals surface area contributed by atoms with E-state index in [9.17, 15) is 9.90 Å². The molecule has 0 aliphatic carbocycles. The second-order valence-electron chi connectivity index (χ2n) is 11.9. The zero-order valence-corrected chi connectivity index (χ0v) is 27.0. The molecule has 0 atom stereocenters. The maximum atomic E-state index is 11.6. The Hall–Kier alpha value is -5.52. The summed E-state index contributed by atoms with van der Waals surface area (Å²) < 4.78 is 13.1. The number of carbonyl (C=O) groups is 1. The van der Waals surface area contributed by atoms with Crippen molar-refractivity contribution < 1.29 is 19.4 Å². The zero-order chi connectivity index (χ0) is 33.0. The van der Waals surface area contributed by atoms with Gasteiger partial charge in [-0.1, -0.05) is 48.5 Å². The summed E-state index contributed by atoms with van der Waals surface area (Å²) in [6, 6.07) is 27.6. The highest BCUT2D eigenvalue weighted by Gasteiger charge is 2.18. The topological polar surface area (TPSA) is 118 Å². The molecule has 11 nitrogen and oxygen atoms in total. The summed E-state index contributed by atoms with van der Waals surface area (Å²) in [7, 11) is 3.80. The molecule has 2 aromatic heterocycles. The number of hydrogen-bond acceptors (Lipinski definition) is 9. The highest BCUT2D eigenvalue weighted by atomic mass is 16.5. The van der Waals surface area contributed by atoms with Crippen molar-refractivity contribution in [1.82, 2.24) is 29.5 Å². The van der Waals surface area contributed by atoms with Crippen LogP contribution in [0.15, 0.2) is 91.1 Å². The molecule has 2 N–H and O–H groups in total. The summed E-state index contributed by atoms with van der Waals surface area (Å²) in [4.78, 5) is 26.4. The molecule has 0 radical (unpaired) electrons. The molecule has 11 heteroatoms. The normalized spacial score (nSPS) is 14.2. The Morgan fingerprint density at radius 3 is 2.54 bits per heavy atom. The highest BCUT2D eigenvalue weighted by molar-refractivity contribution is 5.96. The molecule has 0 saturated carbocycles. The Bertz CT molecular complexity index is 2080. The third-order valence-corrected chi connectivity index (χ3v) is 8.70. The van der Waals surface area contributed by atoms with Gasteiger partial charge in [-0.3, -0.25) is 4.90 Å². The van der Waals surface area contributed by atoms with E-state index >= 15 is 0 Å². The van der Waals surface area contributed by atoms with E-state index in [1.54, 1.807) is 13.2 Å². The van der Waals surface area contributed by atoms with Crippen LogP contribution in [-0.4, -0.2) is 94.2 Å². The number of fused-ring (bicyclic) bond motifs is 2. The lowest BCUT2D eigenvalue weighted by Gasteiger charge is -2.21. The molecule has 1 aliphatic heterocycles. The average Bonchev–Trinajstić information content (AvgIpc) is 3.43. The Morgan fingerprint density at radius 1 is 0.875 bits per heavy atom. The monoisotopic (exact) mass is 643 g/mol. The number of hydrogen-bond donors (Lipinski definition) is 2. The fourth-order valence-corrected chi connectivity index (χ4v) is 6.11. The van der Waals surface area contributed by atoms with Crippen LogP contribution in [0, 0.1) is 0 Å². The minimum absolute atomic E-state index is 0.496. The highest BCUT2D eigenvalue weighted by Crippen LogP contribution is 2.37. The van der Waals surface area contributed by atoms with Crippen molar-refractivity contribution in [3.8, 4) is 34.0 Å². The molecule has 1 saturated heterocycles. The van der Waals surface area contributed by atoms with Gasteiger partial charge >= 0.3 is 6.09 Å². The molecule has 7 rings (SSSR count). The second kappa shape index (κ2) is 13.7. The fraction of sp³-hybridized carbons (Fsp3) is 0.243. The summed E-state index contributed by atoms with van der Waals surface area (Å²) in [5, 5.41) is 18.4. The summed E-state index contributed by atoms with van der Waals surface area (Å²) in [6.07, 6.45) is 1.54. The van der Waals surface area contributed by atoms with E-state index in [-0.39, 0.29) is 0 Å². The molecule has 1 aliphatic rings. The van der Waals surface area contributed by atoms with Gasteiger partial charge in [0.2, 0.25) is 0 Å². The van der Waals surface area contributed by atoms with Crippen molar-refractivity contribution in [1.29, 1.82) is 0 Å². The van der Waals surface area contributed by atoms with Crippen molar-refractivity contribution in [3.63, 3.8) is 0 Å². The van der Waals surface area contributed by atoms with Crippen LogP contribution in [0.3, 0.4) is 0 Å². The molecular formula is C37H37N7O4. The smallest absolute Gasteiger partial charge is 0.432 e. The summed E-state index contributed by atoms with van der Waals surface area (Å²) in [5.74, 6) is 2.33. The predicted molar refractivity (Wildman–Crippen MR) is 187 cm³/mol. The number of carboxylic acid groups (broad SMARTS) is 1. The third-order valence-electron chi connectivity index (χ3n) is 8.70. The van der Waals surface area contributed by atoms with Gasteiger partial charge in [0.25, 0.3) is 0 Å². The molecule has 6 aromatic rings. The van der Waals surface area contributed by atoms with Crippen LogP contribution in [0.4, 0.5) is 16.3 Å². The van der Waals surface area contributed by atoms with E-state index in [4.69, 9.17) is 19.4 Å². The number of rotatable bonds is 9. The quantitative estimate of drug-likeness (QED) is 0.178. The minimum Gasteiger partial charge on any atom is -0.493 e. The van der Waals surface area contributed by atoms with Gasteiger partial charge in [0, 0.05) is 47.7 Å². The SMILES string of the molecule is COc1cc2nc(-c3cccc(-c4ccccc4)c3)nc(Nc3ccc4c(cnn4C(=O)O)c3)c2cc1OCCN1CCCN(C)CC1. The summed E-state index contributed by atoms with van der Waals surface area (Å²) in [5.41, 5.74) is 4.93. The molecule has 48 heavy (non-hydrogen) atoms. The molecule has 1 fully saturated rings. The van der Waals surface area contributed by atoms with Crippen LogP contribution in [0.2, 0.25) is 0 Å². The maximum Gasteiger partial charge on any atom is 0.432 e. The van der Waals surface area contributed by atoms with E-state index in [1.807, 2.05) is 54.6 Å². The summed E-state index contributed by atoms with van der Waals surface area (Å²) in [6.45, 7) is 5.56. The standard InChI is InChI=1S/C37H37N7O4/c1-42-14-7-15-43(17-16-42)18-19-48-34-22-30-31(23-33(34)47-2)40-35(27-11-6-10-26(20-27)25-8-4-3-5-9-25)41-36(30)39-29-12-13-32-28(21-29)24-38-44(32)37(45)46/h3-6,8-13,20-24H,7,14-19H2,1-2H3,(H,45,46)(H,39,40,41). The van der Waals surface area contributed by atoms with Crippen LogP contribution in [0.5, 0.6) is 11.5 Å². The van der Waals surface area contributed by atoms with Gasteiger partial charge in [-0.25, -0.2) is 14.8 Å². The largest absolute Gasteiger partial charge is 0.493 e. The fourth-order valence-electron chi connectivity index (χ4n) is 6.11. The van der Waals surface area contributed by atoms with Crippen molar-refractivity contribution in [3.05, 3.63) is 91.1 Å². The van der Waals surface area contributed by atoms with Gasteiger partial charge in [-0.05, 0) is 68.0 Å². The summed E-state index contributed by atoms with van der Waals surface area (Å²) >= 11 is 0. The van der Waals surface area contributed by atoms with Gasteiger partial charge < -0.3 is 24.8 Å². The Kier molecular flexibility index (Phi) is 8.87. The van der Waals surface area contributed by atoms with Gasteiger partial charge in [-0.2, -0.15) is 9.78 Å². The van der Waals surface area contributed by atoms with Crippen LogP contribution in [0.25, 0.3) is 44.3 Å². The van der Waals surface area contributed by atoms with E-state index < -0.39 is 6.09 Å². The maximum absolute atomic E-state index is 11.6. The molecule has 244 valence electrons. The molecular weight excluding hydrogens is 606 g/mol. The van der Waals surface area contributed by atoms with Crippen LogP contribution in [0.1, 0.15) is 6.42 Å². The van der Waals surface area contributed by atoms with Crippen LogP contribution < -0.4 is 14.8 Å². The van der Waals surface area contributed by atoms with Gasteiger partial charge in [-0.15, -0.1) is 0 Å².